The number of benzene rings is 1. The van der Waals surface area contributed by atoms with Crippen LogP contribution in [0.4, 0.5) is 0 Å². The highest BCUT2D eigenvalue weighted by Gasteiger charge is 2.43. The molecule has 1 aromatic carbocycles. The van der Waals surface area contributed by atoms with E-state index in [0.717, 1.165) is 19.1 Å². The molecule has 128 valence electrons. The van der Waals surface area contributed by atoms with Crippen LogP contribution in [-0.4, -0.2) is 38.7 Å². The number of hydrogen-bond donors (Lipinski definition) is 1. The quantitative estimate of drug-likeness (QED) is 0.767. The van der Waals surface area contributed by atoms with E-state index in [9.17, 15) is 23.3 Å². The number of amides is 1. The van der Waals surface area contributed by atoms with E-state index in [1.807, 2.05) is 0 Å². The summed E-state index contributed by atoms with van der Waals surface area (Å²) in [6.45, 7) is 1.14. The number of ether oxygens (including phenoxy) is 1. The van der Waals surface area contributed by atoms with Crippen LogP contribution in [0.3, 0.4) is 0 Å². The first kappa shape index (κ1) is 17.9. The zero-order valence-electron chi connectivity index (χ0n) is 13.4. The molecule has 2 rings (SSSR count). The Morgan fingerprint density at radius 3 is 2.38 bits per heavy atom. The van der Waals surface area contributed by atoms with Gasteiger partial charge >= 0.3 is 5.97 Å². The van der Waals surface area contributed by atoms with Gasteiger partial charge in [-0.2, -0.15) is 5.26 Å². The molecule has 0 aromatic heterocycles. The Hall–Kier alpha value is -2.40. The van der Waals surface area contributed by atoms with E-state index in [4.69, 9.17) is 4.74 Å². The fraction of sp³-hybridized carbons (Fsp3) is 0.438. The highest BCUT2D eigenvalue weighted by atomic mass is 32.2. The van der Waals surface area contributed by atoms with Gasteiger partial charge < -0.3 is 10.1 Å². The Labute approximate surface area is 140 Å². The predicted octanol–water partition coefficient (Wildman–Crippen LogP) is 1.06. The third kappa shape index (κ3) is 4.32. The minimum atomic E-state index is -3.34. The molecule has 1 aliphatic rings. The third-order valence-electron chi connectivity index (χ3n) is 3.88. The summed E-state index contributed by atoms with van der Waals surface area (Å²) in [5, 5.41) is 11.8. The number of rotatable bonds is 6. The number of carbonyl (C=O) groups excluding carboxylic acids is 2. The molecule has 8 heteroatoms. The first-order chi connectivity index (χ1) is 11.2. The fourth-order valence-electron chi connectivity index (χ4n) is 2.26. The zero-order valence-corrected chi connectivity index (χ0v) is 14.2. The molecular formula is C16H18N2O5S. The molecule has 1 aromatic rings. The summed E-state index contributed by atoms with van der Waals surface area (Å²) < 4.78 is 27.6. The molecule has 1 fully saturated rings. The zero-order chi connectivity index (χ0) is 18.0. The number of nitrogens with zero attached hydrogens (tertiary/aromatic N) is 1. The lowest BCUT2D eigenvalue weighted by atomic mass is 9.98. The summed E-state index contributed by atoms with van der Waals surface area (Å²) in [6.07, 6.45) is 2.84. The summed E-state index contributed by atoms with van der Waals surface area (Å²) in [5.74, 6) is -1.16. The van der Waals surface area contributed by atoms with Crippen molar-refractivity contribution in [3.05, 3.63) is 29.8 Å². The van der Waals surface area contributed by atoms with Gasteiger partial charge in [0, 0.05) is 6.26 Å². The summed E-state index contributed by atoms with van der Waals surface area (Å²) in [6, 6.07) is 7.32. The van der Waals surface area contributed by atoms with Gasteiger partial charge in [-0.1, -0.05) is 0 Å². The number of hydrogen-bond acceptors (Lipinski definition) is 6. The van der Waals surface area contributed by atoms with Crippen molar-refractivity contribution in [1.29, 1.82) is 5.26 Å². The van der Waals surface area contributed by atoms with Crippen molar-refractivity contribution < 1.29 is 22.7 Å². The normalized spacial score (nSPS) is 16.5. The molecule has 1 amide bonds. The van der Waals surface area contributed by atoms with Crippen molar-refractivity contribution in [1.82, 2.24) is 5.32 Å². The fourth-order valence-corrected chi connectivity index (χ4v) is 2.89. The number of nitriles is 1. The minimum Gasteiger partial charge on any atom is -0.452 e. The van der Waals surface area contributed by atoms with Crippen molar-refractivity contribution in [2.24, 2.45) is 5.92 Å². The van der Waals surface area contributed by atoms with E-state index in [0.29, 0.717) is 0 Å². The SMILES string of the molecule is C[C@](C#N)(NC(=O)COC(=O)c1ccc(S(C)(=O)=O)cc1)C1CC1. The standard InChI is InChI=1S/C16H18N2O5S/c1-16(10-17,12-5-6-12)18-14(19)9-23-15(20)11-3-7-13(8-4-11)24(2,21)22/h3-4,7-8,12H,5-6,9H2,1-2H3,(H,18,19)/t16-/m1/s1. The molecule has 7 nitrogen and oxygen atoms in total. The Balaban J connectivity index is 1.91. The smallest absolute Gasteiger partial charge is 0.338 e. The molecular weight excluding hydrogens is 332 g/mol. The monoisotopic (exact) mass is 350 g/mol. The lowest BCUT2D eigenvalue weighted by Gasteiger charge is -2.22. The molecule has 0 heterocycles. The van der Waals surface area contributed by atoms with Gasteiger partial charge in [0.05, 0.1) is 16.5 Å². The Morgan fingerprint density at radius 2 is 1.92 bits per heavy atom. The number of esters is 1. The highest BCUT2D eigenvalue weighted by Crippen LogP contribution is 2.39. The maximum absolute atomic E-state index is 11.9. The van der Waals surface area contributed by atoms with E-state index in [-0.39, 0.29) is 16.4 Å². The lowest BCUT2D eigenvalue weighted by molar-refractivity contribution is -0.125. The van der Waals surface area contributed by atoms with Gasteiger partial charge in [0.25, 0.3) is 5.91 Å². The van der Waals surface area contributed by atoms with Gasteiger partial charge in [-0.15, -0.1) is 0 Å². The van der Waals surface area contributed by atoms with Crippen LogP contribution in [0.25, 0.3) is 0 Å². The summed E-state index contributed by atoms with van der Waals surface area (Å²) in [7, 11) is -3.34. The molecule has 0 saturated heterocycles. The van der Waals surface area contributed by atoms with Gasteiger partial charge in [0.2, 0.25) is 0 Å². The Kier molecular flexibility index (Phi) is 4.94. The van der Waals surface area contributed by atoms with E-state index in [1.165, 1.54) is 24.3 Å². The lowest BCUT2D eigenvalue weighted by Crippen LogP contribution is -2.48. The van der Waals surface area contributed by atoms with Crippen LogP contribution in [0.5, 0.6) is 0 Å². The van der Waals surface area contributed by atoms with Crippen LogP contribution in [0, 0.1) is 17.2 Å². The molecule has 0 radical (unpaired) electrons. The Bertz CT molecular complexity index is 791. The minimum absolute atomic E-state index is 0.0889. The van der Waals surface area contributed by atoms with Crippen LogP contribution < -0.4 is 5.32 Å². The van der Waals surface area contributed by atoms with E-state index in [1.54, 1.807) is 6.92 Å². The maximum Gasteiger partial charge on any atom is 0.338 e. The van der Waals surface area contributed by atoms with Crippen molar-refractivity contribution in [3.8, 4) is 6.07 Å². The molecule has 0 spiro atoms. The van der Waals surface area contributed by atoms with Crippen LogP contribution in [0.1, 0.15) is 30.1 Å². The number of carbonyl (C=O) groups is 2. The topological polar surface area (TPSA) is 113 Å². The molecule has 1 aliphatic carbocycles. The van der Waals surface area contributed by atoms with Gasteiger partial charge in [0.15, 0.2) is 16.4 Å². The van der Waals surface area contributed by atoms with Crippen LogP contribution in [-0.2, 0) is 19.4 Å². The first-order valence-electron chi connectivity index (χ1n) is 7.35. The molecule has 1 atom stereocenters. The number of nitrogens with one attached hydrogen (secondary N) is 1. The number of sulfone groups is 1. The molecule has 1 N–H and O–H groups in total. The Morgan fingerprint density at radius 1 is 1.33 bits per heavy atom. The van der Waals surface area contributed by atoms with Gasteiger partial charge in [-0.25, -0.2) is 13.2 Å². The van der Waals surface area contributed by atoms with Crippen LogP contribution in [0.15, 0.2) is 29.2 Å². The molecule has 24 heavy (non-hydrogen) atoms. The second-order valence-corrected chi connectivity index (χ2v) is 8.03. The molecule has 0 bridgehead atoms. The molecule has 0 aliphatic heterocycles. The largest absolute Gasteiger partial charge is 0.452 e. The third-order valence-corrected chi connectivity index (χ3v) is 5.01. The van der Waals surface area contributed by atoms with Gasteiger partial charge in [-0.05, 0) is 49.9 Å². The average molecular weight is 350 g/mol. The predicted molar refractivity (Wildman–Crippen MR) is 84.7 cm³/mol. The summed E-state index contributed by atoms with van der Waals surface area (Å²) in [4.78, 5) is 23.8. The summed E-state index contributed by atoms with van der Waals surface area (Å²) >= 11 is 0. The second kappa shape index (κ2) is 6.61. The molecule has 1 saturated carbocycles. The molecule has 0 unspecified atom stereocenters. The van der Waals surface area contributed by atoms with Crippen molar-refractivity contribution in [2.75, 3.05) is 12.9 Å². The van der Waals surface area contributed by atoms with E-state index >= 15 is 0 Å². The van der Waals surface area contributed by atoms with Crippen molar-refractivity contribution >= 4 is 21.7 Å². The average Bonchev–Trinajstić information content (AvgIpc) is 3.37. The van der Waals surface area contributed by atoms with Crippen LogP contribution in [0.2, 0.25) is 0 Å². The second-order valence-electron chi connectivity index (χ2n) is 6.01. The first-order valence-corrected chi connectivity index (χ1v) is 9.24. The van der Waals surface area contributed by atoms with E-state index in [2.05, 4.69) is 11.4 Å². The van der Waals surface area contributed by atoms with Crippen molar-refractivity contribution in [2.45, 2.75) is 30.2 Å². The van der Waals surface area contributed by atoms with E-state index < -0.39 is 33.9 Å². The van der Waals surface area contributed by atoms with Gasteiger partial charge in [0.1, 0.15) is 5.54 Å². The summed E-state index contributed by atoms with van der Waals surface area (Å²) in [5.41, 5.74) is -0.805. The highest BCUT2D eigenvalue weighted by molar-refractivity contribution is 7.90. The van der Waals surface area contributed by atoms with Crippen molar-refractivity contribution in [3.63, 3.8) is 0 Å². The van der Waals surface area contributed by atoms with Gasteiger partial charge in [-0.3, -0.25) is 4.79 Å². The van der Waals surface area contributed by atoms with Crippen LogP contribution >= 0.6 is 0 Å². The maximum atomic E-state index is 11.9.